The molecule has 1 N–H and O–H groups in total. The van der Waals surface area contributed by atoms with E-state index in [1.54, 1.807) is 0 Å². The van der Waals surface area contributed by atoms with Crippen LogP contribution in [0.4, 0.5) is 0 Å². The Kier molecular flexibility index (Phi) is 5.83. The summed E-state index contributed by atoms with van der Waals surface area (Å²) in [4.78, 5) is 0. The monoisotopic (exact) mass is 244 g/mol. The van der Waals surface area contributed by atoms with E-state index in [0.717, 1.165) is 6.42 Å². The molecule has 0 bridgehead atoms. The topological polar surface area (TPSA) is 29.5 Å². The van der Waals surface area contributed by atoms with Crippen LogP contribution in [0.3, 0.4) is 0 Å². The van der Waals surface area contributed by atoms with Crippen LogP contribution in [0.25, 0.3) is 0 Å². The van der Waals surface area contributed by atoms with Gasteiger partial charge in [-0.3, -0.25) is 0 Å². The molecule has 0 fully saturated rings. The largest absolute Gasteiger partial charge is 0.394 e. The van der Waals surface area contributed by atoms with Crippen LogP contribution in [0.5, 0.6) is 0 Å². The minimum absolute atomic E-state index is 0.0191. The lowest BCUT2D eigenvalue weighted by molar-refractivity contribution is 0.136. The van der Waals surface area contributed by atoms with Gasteiger partial charge in [0, 0.05) is 0 Å². The Hall–Kier alpha value is 0.650. The van der Waals surface area contributed by atoms with Gasteiger partial charge in [0.25, 0.3) is 0 Å². The van der Waals surface area contributed by atoms with Gasteiger partial charge in [-0.25, -0.2) is 0 Å². The fourth-order valence-electron chi connectivity index (χ4n) is 0.665. The second kappa shape index (κ2) is 5.44. The van der Waals surface area contributed by atoms with Crippen LogP contribution in [0.2, 0.25) is 0 Å². The van der Waals surface area contributed by atoms with Crippen LogP contribution in [0, 0.1) is 5.92 Å². The van der Waals surface area contributed by atoms with Gasteiger partial charge in [-0.1, -0.05) is 13.8 Å². The molecule has 1 unspecified atom stereocenters. The summed E-state index contributed by atoms with van der Waals surface area (Å²) in [5.74, 6) is 0.594. The highest BCUT2D eigenvalue weighted by atomic mass is 127. The van der Waals surface area contributed by atoms with E-state index in [2.05, 4.69) is 13.8 Å². The number of hydrogen-bond donors (Lipinski definition) is 1. The Labute approximate surface area is 70.3 Å². The molecule has 0 saturated heterocycles. The lowest BCUT2D eigenvalue weighted by Gasteiger charge is -2.11. The molecule has 0 saturated carbocycles. The van der Waals surface area contributed by atoms with E-state index in [-0.39, 0.29) is 12.7 Å². The highest BCUT2D eigenvalue weighted by Gasteiger charge is 2.07. The maximum Gasteiger partial charge on any atom is 0.110 e. The standard InChI is InChI=1S/C6H13IO2/c1-5(2)3-6(4-8)9-7/h5-6,8H,3-4H2,1-2H3. The number of halogens is 1. The molecule has 0 heterocycles. The van der Waals surface area contributed by atoms with E-state index < -0.39 is 0 Å². The summed E-state index contributed by atoms with van der Waals surface area (Å²) in [5, 5.41) is 8.65. The highest BCUT2D eigenvalue weighted by Crippen LogP contribution is 2.09. The van der Waals surface area contributed by atoms with Gasteiger partial charge in [0.1, 0.15) is 23.0 Å². The molecule has 0 aliphatic carbocycles. The van der Waals surface area contributed by atoms with Gasteiger partial charge in [-0.05, 0) is 12.3 Å². The quantitative estimate of drug-likeness (QED) is 0.763. The first-order valence-corrected chi connectivity index (χ1v) is 3.97. The lowest BCUT2D eigenvalue weighted by Crippen LogP contribution is -2.15. The first-order chi connectivity index (χ1) is 4.20. The van der Waals surface area contributed by atoms with Crippen molar-refractivity contribution in [3.8, 4) is 0 Å². The van der Waals surface area contributed by atoms with E-state index in [1.165, 1.54) is 0 Å². The molecule has 0 aliphatic rings. The van der Waals surface area contributed by atoms with Crippen molar-refractivity contribution in [1.29, 1.82) is 0 Å². The third-order valence-electron chi connectivity index (χ3n) is 1.06. The maximum atomic E-state index is 8.65. The van der Waals surface area contributed by atoms with Crippen molar-refractivity contribution in [1.82, 2.24) is 0 Å². The fourth-order valence-corrected chi connectivity index (χ4v) is 1.03. The molecule has 0 radical (unpaired) electrons. The van der Waals surface area contributed by atoms with Crippen molar-refractivity contribution in [3.63, 3.8) is 0 Å². The van der Waals surface area contributed by atoms with Gasteiger partial charge in [-0.2, -0.15) is 0 Å². The Balaban J connectivity index is 3.31. The predicted molar refractivity (Wildman–Crippen MR) is 45.4 cm³/mol. The second-order valence-corrected chi connectivity index (χ2v) is 3.03. The molecule has 0 aromatic rings. The average molecular weight is 244 g/mol. The Morgan fingerprint density at radius 1 is 1.56 bits per heavy atom. The van der Waals surface area contributed by atoms with E-state index in [4.69, 9.17) is 8.17 Å². The van der Waals surface area contributed by atoms with Gasteiger partial charge in [0.2, 0.25) is 0 Å². The Morgan fingerprint density at radius 2 is 2.11 bits per heavy atom. The first-order valence-electron chi connectivity index (χ1n) is 3.09. The van der Waals surface area contributed by atoms with Crippen LogP contribution in [-0.2, 0) is 3.07 Å². The Morgan fingerprint density at radius 3 is 2.22 bits per heavy atom. The minimum atomic E-state index is 0.0191. The van der Waals surface area contributed by atoms with Crippen molar-refractivity contribution in [2.75, 3.05) is 6.61 Å². The molecule has 0 aromatic carbocycles. The lowest BCUT2D eigenvalue weighted by atomic mass is 10.1. The first kappa shape index (κ1) is 9.65. The van der Waals surface area contributed by atoms with Crippen molar-refractivity contribution in [2.45, 2.75) is 26.4 Å². The number of rotatable bonds is 4. The summed E-state index contributed by atoms with van der Waals surface area (Å²) in [6.45, 7) is 4.35. The van der Waals surface area contributed by atoms with Crippen LogP contribution >= 0.6 is 23.0 Å². The molecule has 0 aromatic heterocycles. The van der Waals surface area contributed by atoms with Gasteiger partial charge in [-0.15, -0.1) is 0 Å². The zero-order valence-corrected chi connectivity index (χ0v) is 7.96. The predicted octanol–water partition coefficient (Wildman–Crippen LogP) is 1.76. The summed E-state index contributed by atoms with van der Waals surface area (Å²) in [6.07, 6.45) is 0.949. The normalized spacial score (nSPS) is 14.3. The van der Waals surface area contributed by atoms with Gasteiger partial charge >= 0.3 is 0 Å². The average Bonchev–Trinajstić information content (AvgIpc) is 1.82. The molecule has 0 amide bonds. The zero-order valence-electron chi connectivity index (χ0n) is 5.80. The second-order valence-electron chi connectivity index (χ2n) is 2.52. The summed E-state index contributed by atoms with van der Waals surface area (Å²) >= 11 is 1.82. The molecule has 9 heavy (non-hydrogen) atoms. The summed E-state index contributed by atoms with van der Waals surface area (Å²) in [6, 6.07) is 0. The van der Waals surface area contributed by atoms with Crippen LogP contribution in [-0.4, -0.2) is 17.8 Å². The number of aliphatic hydroxyl groups is 1. The highest BCUT2D eigenvalue weighted by molar-refractivity contribution is 14.1. The van der Waals surface area contributed by atoms with Crippen LogP contribution < -0.4 is 0 Å². The van der Waals surface area contributed by atoms with Crippen molar-refractivity contribution >= 4 is 23.0 Å². The van der Waals surface area contributed by atoms with Crippen LogP contribution in [0.15, 0.2) is 0 Å². The molecular weight excluding hydrogens is 231 g/mol. The summed E-state index contributed by atoms with van der Waals surface area (Å²) < 4.78 is 4.93. The van der Waals surface area contributed by atoms with Crippen molar-refractivity contribution < 1.29 is 8.17 Å². The molecule has 2 nitrogen and oxygen atoms in total. The van der Waals surface area contributed by atoms with Crippen molar-refractivity contribution in [2.24, 2.45) is 5.92 Å². The zero-order chi connectivity index (χ0) is 7.28. The molecule has 1 atom stereocenters. The van der Waals surface area contributed by atoms with E-state index in [1.807, 2.05) is 23.0 Å². The van der Waals surface area contributed by atoms with Crippen molar-refractivity contribution in [3.05, 3.63) is 0 Å². The number of aliphatic hydroxyl groups excluding tert-OH is 1. The summed E-state index contributed by atoms with van der Waals surface area (Å²) in [7, 11) is 0. The molecule has 56 valence electrons. The SMILES string of the molecule is CC(C)CC(CO)OI. The van der Waals surface area contributed by atoms with Crippen LogP contribution in [0.1, 0.15) is 20.3 Å². The van der Waals surface area contributed by atoms with Gasteiger partial charge in [0.15, 0.2) is 0 Å². The molecule has 0 spiro atoms. The molecule has 0 aliphatic heterocycles. The third-order valence-corrected chi connectivity index (χ3v) is 1.78. The van der Waals surface area contributed by atoms with E-state index in [9.17, 15) is 0 Å². The molecule has 0 rings (SSSR count). The van der Waals surface area contributed by atoms with E-state index in [0.29, 0.717) is 5.92 Å². The van der Waals surface area contributed by atoms with Gasteiger partial charge < -0.3 is 8.17 Å². The minimum Gasteiger partial charge on any atom is -0.394 e. The molecular formula is C6H13IO2. The maximum absolute atomic E-state index is 8.65. The number of hydrogen-bond acceptors (Lipinski definition) is 2. The smallest absolute Gasteiger partial charge is 0.110 e. The molecule has 3 heteroatoms. The van der Waals surface area contributed by atoms with E-state index >= 15 is 0 Å². The fraction of sp³-hybridized carbons (Fsp3) is 1.00. The third kappa shape index (κ3) is 5.11. The summed E-state index contributed by atoms with van der Waals surface area (Å²) in [5.41, 5.74) is 0. The van der Waals surface area contributed by atoms with Gasteiger partial charge in [0.05, 0.1) is 12.7 Å². The Bertz CT molecular complexity index is 62.1.